The van der Waals surface area contributed by atoms with E-state index in [2.05, 4.69) is 12.2 Å². The van der Waals surface area contributed by atoms with Crippen molar-refractivity contribution in [2.45, 2.75) is 25.8 Å². The predicted molar refractivity (Wildman–Crippen MR) is 55.5 cm³/mol. The third-order valence-corrected chi connectivity index (χ3v) is 3.01. The lowest BCUT2D eigenvalue weighted by atomic mass is 9.92. The maximum absolute atomic E-state index is 13.0. The van der Waals surface area contributed by atoms with Crippen LogP contribution in [0.1, 0.15) is 31.4 Å². The van der Waals surface area contributed by atoms with E-state index < -0.39 is 11.6 Å². The first-order valence-electron chi connectivity index (χ1n) is 5.35. The number of piperidine rings is 1. The van der Waals surface area contributed by atoms with Crippen molar-refractivity contribution in [3.05, 3.63) is 35.4 Å². The fraction of sp³-hybridized carbons (Fsp3) is 0.500. The van der Waals surface area contributed by atoms with Crippen LogP contribution in [0.15, 0.2) is 18.2 Å². The summed E-state index contributed by atoms with van der Waals surface area (Å²) >= 11 is 0. The molecule has 1 aliphatic heterocycles. The summed E-state index contributed by atoms with van der Waals surface area (Å²) in [5.41, 5.74) is 0.848. The van der Waals surface area contributed by atoms with Crippen LogP contribution in [0.3, 0.4) is 0 Å². The van der Waals surface area contributed by atoms with Crippen molar-refractivity contribution in [2.24, 2.45) is 5.92 Å². The van der Waals surface area contributed by atoms with E-state index >= 15 is 0 Å². The average molecular weight is 211 g/mol. The van der Waals surface area contributed by atoms with Crippen LogP contribution in [0.25, 0.3) is 0 Å². The zero-order valence-electron chi connectivity index (χ0n) is 8.76. The largest absolute Gasteiger partial charge is 0.310 e. The normalized spacial score (nSPS) is 26.6. The maximum Gasteiger partial charge on any atom is 0.159 e. The van der Waals surface area contributed by atoms with Crippen LogP contribution < -0.4 is 5.32 Å². The minimum Gasteiger partial charge on any atom is -0.310 e. The third-order valence-electron chi connectivity index (χ3n) is 3.01. The fourth-order valence-corrected chi connectivity index (χ4v) is 2.01. The minimum absolute atomic E-state index is 0.177. The molecule has 2 rings (SSSR count). The van der Waals surface area contributed by atoms with E-state index in [-0.39, 0.29) is 6.04 Å². The van der Waals surface area contributed by atoms with Gasteiger partial charge in [0, 0.05) is 6.04 Å². The molecule has 0 radical (unpaired) electrons. The number of hydrogen-bond acceptors (Lipinski definition) is 1. The van der Waals surface area contributed by atoms with Crippen molar-refractivity contribution in [2.75, 3.05) is 6.54 Å². The van der Waals surface area contributed by atoms with Gasteiger partial charge in [-0.3, -0.25) is 0 Å². The van der Waals surface area contributed by atoms with Crippen LogP contribution in [-0.4, -0.2) is 6.54 Å². The van der Waals surface area contributed by atoms with Crippen LogP contribution in [0.2, 0.25) is 0 Å². The average Bonchev–Trinajstić information content (AvgIpc) is 2.23. The molecule has 2 unspecified atom stereocenters. The van der Waals surface area contributed by atoms with Crippen molar-refractivity contribution in [3.8, 4) is 0 Å². The molecular formula is C12H15F2N. The second-order valence-electron chi connectivity index (χ2n) is 4.32. The first kappa shape index (κ1) is 10.6. The van der Waals surface area contributed by atoms with Crippen LogP contribution in [-0.2, 0) is 0 Å². The summed E-state index contributed by atoms with van der Waals surface area (Å²) in [7, 11) is 0. The molecule has 0 aromatic heterocycles. The number of rotatable bonds is 1. The molecule has 0 amide bonds. The van der Waals surface area contributed by atoms with Gasteiger partial charge in [0.15, 0.2) is 11.6 Å². The zero-order valence-corrected chi connectivity index (χ0v) is 8.76. The van der Waals surface area contributed by atoms with Crippen molar-refractivity contribution >= 4 is 0 Å². The summed E-state index contributed by atoms with van der Waals surface area (Å²) in [4.78, 5) is 0. The van der Waals surface area contributed by atoms with Gasteiger partial charge >= 0.3 is 0 Å². The molecule has 1 aromatic carbocycles. The molecule has 1 aliphatic rings. The maximum atomic E-state index is 13.0. The van der Waals surface area contributed by atoms with Crippen molar-refractivity contribution < 1.29 is 8.78 Å². The highest BCUT2D eigenvalue weighted by Crippen LogP contribution is 2.26. The minimum atomic E-state index is -0.775. The highest BCUT2D eigenvalue weighted by atomic mass is 19.2. The SMILES string of the molecule is CC1CCC(c2ccc(F)c(F)c2)NC1. The van der Waals surface area contributed by atoms with Gasteiger partial charge in [-0.1, -0.05) is 13.0 Å². The molecule has 3 heteroatoms. The fourth-order valence-electron chi connectivity index (χ4n) is 2.01. The highest BCUT2D eigenvalue weighted by Gasteiger charge is 2.19. The summed E-state index contributed by atoms with van der Waals surface area (Å²) in [5, 5.41) is 3.34. The molecule has 1 N–H and O–H groups in total. The number of halogens is 2. The molecule has 1 nitrogen and oxygen atoms in total. The van der Waals surface area contributed by atoms with E-state index in [1.165, 1.54) is 12.1 Å². The first-order valence-corrected chi connectivity index (χ1v) is 5.35. The summed E-state index contributed by atoms with van der Waals surface area (Å²) < 4.78 is 25.7. The number of benzene rings is 1. The number of nitrogens with one attached hydrogen (secondary N) is 1. The van der Waals surface area contributed by atoms with Gasteiger partial charge < -0.3 is 5.32 Å². The Morgan fingerprint density at radius 1 is 1.20 bits per heavy atom. The van der Waals surface area contributed by atoms with Gasteiger partial charge in [0.2, 0.25) is 0 Å². The smallest absolute Gasteiger partial charge is 0.159 e. The van der Waals surface area contributed by atoms with E-state index in [1.807, 2.05) is 0 Å². The Morgan fingerprint density at radius 3 is 2.60 bits per heavy atom. The molecule has 0 bridgehead atoms. The first-order chi connectivity index (χ1) is 7.16. The van der Waals surface area contributed by atoms with Crippen LogP contribution in [0, 0.1) is 17.6 Å². The molecule has 82 valence electrons. The summed E-state index contributed by atoms with van der Waals surface area (Å²) in [6, 6.07) is 4.33. The van der Waals surface area contributed by atoms with Gasteiger partial charge in [-0.2, -0.15) is 0 Å². The van der Waals surface area contributed by atoms with Gasteiger partial charge in [0.05, 0.1) is 0 Å². The Morgan fingerprint density at radius 2 is 2.00 bits per heavy atom. The van der Waals surface area contributed by atoms with Gasteiger partial charge in [-0.05, 0) is 43.0 Å². The van der Waals surface area contributed by atoms with E-state index in [0.29, 0.717) is 5.92 Å². The monoisotopic (exact) mass is 211 g/mol. The standard InChI is InChI=1S/C12H15F2N/c1-8-2-5-12(15-7-8)9-3-4-10(13)11(14)6-9/h3-4,6,8,12,15H,2,5,7H2,1H3. The highest BCUT2D eigenvalue weighted by molar-refractivity contribution is 5.21. The summed E-state index contributed by atoms with van der Waals surface area (Å²) in [5.74, 6) is -0.859. The second-order valence-corrected chi connectivity index (χ2v) is 4.32. The van der Waals surface area contributed by atoms with E-state index in [1.54, 1.807) is 6.07 Å². The van der Waals surface area contributed by atoms with Crippen LogP contribution in [0.4, 0.5) is 8.78 Å². The van der Waals surface area contributed by atoms with Crippen molar-refractivity contribution in [1.29, 1.82) is 0 Å². The van der Waals surface area contributed by atoms with E-state index in [9.17, 15) is 8.78 Å². The molecule has 2 atom stereocenters. The van der Waals surface area contributed by atoms with Gasteiger partial charge in [-0.15, -0.1) is 0 Å². The van der Waals surface area contributed by atoms with Crippen LogP contribution >= 0.6 is 0 Å². The molecule has 1 saturated heterocycles. The summed E-state index contributed by atoms with van der Waals surface area (Å²) in [6.45, 7) is 3.14. The molecule has 1 aromatic rings. The lowest BCUT2D eigenvalue weighted by molar-refractivity contribution is 0.332. The van der Waals surface area contributed by atoms with Crippen molar-refractivity contribution in [1.82, 2.24) is 5.32 Å². The van der Waals surface area contributed by atoms with Crippen molar-refractivity contribution in [3.63, 3.8) is 0 Å². The molecule has 0 spiro atoms. The quantitative estimate of drug-likeness (QED) is 0.753. The molecule has 1 heterocycles. The Hall–Kier alpha value is -0.960. The topological polar surface area (TPSA) is 12.0 Å². The molecule has 1 fully saturated rings. The third kappa shape index (κ3) is 2.34. The lowest BCUT2D eigenvalue weighted by Gasteiger charge is -2.28. The molecule has 0 saturated carbocycles. The van der Waals surface area contributed by atoms with Crippen LogP contribution in [0.5, 0.6) is 0 Å². The van der Waals surface area contributed by atoms with Gasteiger partial charge in [0.1, 0.15) is 0 Å². The Balaban J connectivity index is 2.12. The zero-order chi connectivity index (χ0) is 10.8. The number of hydrogen-bond donors (Lipinski definition) is 1. The second kappa shape index (κ2) is 4.27. The van der Waals surface area contributed by atoms with Gasteiger partial charge in [-0.25, -0.2) is 8.78 Å². The molecular weight excluding hydrogens is 196 g/mol. The Bertz CT molecular complexity index is 343. The Kier molecular flexibility index (Phi) is 3.00. The molecule has 0 aliphatic carbocycles. The Labute approximate surface area is 88.5 Å². The van der Waals surface area contributed by atoms with E-state index in [0.717, 1.165) is 24.9 Å². The lowest BCUT2D eigenvalue weighted by Crippen LogP contribution is -2.31. The molecule has 15 heavy (non-hydrogen) atoms. The summed E-state index contributed by atoms with van der Waals surface area (Å²) in [6.07, 6.45) is 2.13. The van der Waals surface area contributed by atoms with Gasteiger partial charge in [0.25, 0.3) is 0 Å². The predicted octanol–water partition coefficient (Wildman–Crippen LogP) is 3.03. The van der Waals surface area contributed by atoms with E-state index in [4.69, 9.17) is 0 Å².